The van der Waals surface area contributed by atoms with Crippen molar-refractivity contribution in [3.63, 3.8) is 0 Å². The molecule has 0 aliphatic rings. The van der Waals surface area contributed by atoms with Crippen molar-refractivity contribution < 1.29 is 80.2 Å². The number of carbonyl (C=O) groups excluding carboxylic acids is 4. The molecule has 0 aromatic rings. The molecule has 0 saturated carbocycles. The highest BCUT2D eigenvalue weighted by atomic mass is 31.2. The zero-order chi connectivity index (χ0) is 74.2. The molecule has 0 radical (unpaired) electrons. The zero-order valence-electron chi connectivity index (χ0n) is 66.2. The Morgan fingerprint density at radius 3 is 0.673 bits per heavy atom. The lowest BCUT2D eigenvalue weighted by Crippen LogP contribution is -2.30. The molecule has 17 nitrogen and oxygen atoms in total. The van der Waals surface area contributed by atoms with Crippen LogP contribution in [-0.4, -0.2) is 96.7 Å². The van der Waals surface area contributed by atoms with Crippen molar-refractivity contribution in [1.82, 2.24) is 0 Å². The van der Waals surface area contributed by atoms with Crippen LogP contribution in [0, 0.1) is 11.8 Å². The van der Waals surface area contributed by atoms with E-state index in [1.807, 2.05) is 0 Å². The van der Waals surface area contributed by atoms with Crippen molar-refractivity contribution in [2.45, 2.75) is 452 Å². The minimum absolute atomic E-state index is 0.106. The van der Waals surface area contributed by atoms with Crippen molar-refractivity contribution >= 4 is 39.5 Å². The number of rotatable bonds is 81. The summed E-state index contributed by atoms with van der Waals surface area (Å²) in [6, 6.07) is 0. The average Bonchev–Trinajstić information content (AvgIpc) is 0.924. The van der Waals surface area contributed by atoms with Crippen molar-refractivity contribution in [3.8, 4) is 0 Å². The second-order valence-corrected chi connectivity index (χ2v) is 33.4. The Bertz CT molecular complexity index is 1940. The number of hydrogen-bond donors (Lipinski definition) is 3. The monoisotopic (exact) mass is 1480 g/mol. The van der Waals surface area contributed by atoms with Gasteiger partial charge in [0.1, 0.15) is 19.3 Å². The quantitative estimate of drug-likeness (QED) is 0.0222. The predicted octanol–water partition coefficient (Wildman–Crippen LogP) is 24.7. The van der Waals surface area contributed by atoms with Gasteiger partial charge in [-0.3, -0.25) is 37.3 Å². The summed E-state index contributed by atoms with van der Waals surface area (Å²) < 4.78 is 68.8. The largest absolute Gasteiger partial charge is 0.472 e. The summed E-state index contributed by atoms with van der Waals surface area (Å²) in [5, 5.41) is 10.7. The third kappa shape index (κ3) is 76.1. The van der Waals surface area contributed by atoms with E-state index in [2.05, 4.69) is 41.5 Å². The lowest BCUT2D eigenvalue weighted by Gasteiger charge is -2.21. The maximum atomic E-state index is 13.1. The zero-order valence-corrected chi connectivity index (χ0v) is 68.0. The van der Waals surface area contributed by atoms with Crippen LogP contribution in [0.5, 0.6) is 0 Å². The normalized spacial score (nSPS) is 13.9. The van der Waals surface area contributed by atoms with Crippen molar-refractivity contribution in [3.05, 3.63) is 0 Å². The van der Waals surface area contributed by atoms with E-state index in [9.17, 15) is 43.2 Å². The van der Waals surface area contributed by atoms with Crippen molar-refractivity contribution in [2.75, 3.05) is 39.6 Å². The highest BCUT2D eigenvalue weighted by Gasteiger charge is 2.30. The summed E-state index contributed by atoms with van der Waals surface area (Å²) >= 11 is 0. The van der Waals surface area contributed by atoms with Crippen LogP contribution in [0.4, 0.5) is 0 Å². The molecule has 0 fully saturated rings. The number of aliphatic hydroxyl groups excluding tert-OH is 1. The predicted molar refractivity (Wildman–Crippen MR) is 414 cm³/mol. The van der Waals surface area contributed by atoms with Crippen molar-refractivity contribution in [1.29, 1.82) is 0 Å². The average molecular weight is 1480 g/mol. The minimum atomic E-state index is -4.96. The molecule has 600 valence electrons. The maximum Gasteiger partial charge on any atom is 0.472 e. The Morgan fingerprint density at radius 1 is 0.267 bits per heavy atom. The van der Waals surface area contributed by atoms with Gasteiger partial charge in [-0.1, -0.05) is 382 Å². The van der Waals surface area contributed by atoms with Gasteiger partial charge in [0.25, 0.3) is 0 Å². The van der Waals surface area contributed by atoms with E-state index in [0.29, 0.717) is 25.7 Å². The lowest BCUT2D eigenvalue weighted by atomic mass is 10.0. The molecule has 0 bridgehead atoms. The fourth-order valence-corrected chi connectivity index (χ4v) is 14.3. The summed E-state index contributed by atoms with van der Waals surface area (Å²) in [5.74, 6) is -0.597. The highest BCUT2D eigenvalue weighted by Crippen LogP contribution is 2.45. The summed E-state index contributed by atoms with van der Waals surface area (Å²) in [7, 11) is -9.92. The molecule has 0 aromatic heterocycles. The van der Waals surface area contributed by atoms with Gasteiger partial charge in [0.2, 0.25) is 0 Å². The minimum Gasteiger partial charge on any atom is -0.462 e. The number of carbonyl (C=O) groups is 4. The molecule has 0 aliphatic carbocycles. The summed E-state index contributed by atoms with van der Waals surface area (Å²) in [4.78, 5) is 73.1. The summed E-state index contributed by atoms with van der Waals surface area (Å²) in [6.45, 7) is 9.63. The van der Waals surface area contributed by atoms with E-state index in [-0.39, 0.29) is 25.7 Å². The first-order valence-corrected chi connectivity index (χ1v) is 45.5. The first-order chi connectivity index (χ1) is 48.9. The van der Waals surface area contributed by atoms with Crippen LogP contribution in [0.15, 0.2) is 0 Å². The van der Waals surface area contributed by atoms with Gasteiger partial charge >= 0.3 is 39.5 Å². The molecule has 0 spiro atoms. The molecule has 3 N–H and O–H groups in total. The third-order valence-electron chi connectivity index (χ3n) is 19.2. The van der Waals surface area contributed by atoms with Crippen LogP contribution in [-0.2, 0) is 65.4 Å². The molecule has 5 atom stereocenters. The Kier molecular flexibility index (Phi) is 72.2. The topological polar surface area (TPSA) is 237 Å². The molecule has 0 heterocycles. The number of phosphoric acid groups is 2. The van der Waals surface area contributed by atoms with Gasteiger partial charge in [0.05, 0.1) is 26.4 Å². The second kappa shape index (κ2) is 73.6. The van der Waals surface area contributed by atoms with Gasteiger partial charge in [-0.25, -0.2) is 9.13 Å². The fraction of sp³-hybridized carbons (Fsp3) is 0.951. The van der Waals surface area contributed by atoms with E-state index in [1.165, 1.54) is 250 Å². The van der Waals surface area contributed by atoms with Crippen molar-refractivity contribution in [2.24, 2.45) is 11.8 Å². The molecular formula is C82H160O17P2. The third-order valence-corrected chi connectivity index (χ3v) is 21.1. The molecule has 0 rings (SSSR count). The molecule has 0 amide bonds. The van der Waals surface area contributed by atoms with Crippen LogP contribution in [0.3, 0.4) is 0 Å². The van der Waals surface area contributed by atoms with Gasteiger partial charge < -0.3 is 33.8 Å². The van der Waals surface area contributed by atoms with Gasteiger partial charge in [0, 0.05) is 25.7 Å². The number of aliphatic hydroxyl groups is 1. The molecule has 2 unspecified atom stereocenters. The first-order valence-electron chi connectivity index (χ1n) is 42.5. The molecule has 0 aromatic carbocycles. The molecule has 0 saturated heterocycles. The Morgan fingerprint density at radius 2 is 0.455 bits per heavy atom. The van der Waals surface area contributed by atoms with E-state index in [4.69, 9.17) is 37.0 Å². The standard InChI is InChI=1S/C82H160O17P2/c1-7-9-11-13-15-17-19-21-23-25-26-27-29-31-35-41-48-54-60-66-81(86)98-77(70-92-79(84)64-58-52-46-40-34-30-28-24-22-20-18-16-14-12-10-8-2)72-96-100(88,89)94-68-76(83)69-95-101(90,91)97-73-78(71-93-80(85)65-59-53-47-43-37-39-45-51-57-63-75(5)6)99-82(87)67-61-55-49-42-36-32-33-38-44-50-56-62-74(3)4/h74-78,83H,7-73H2,1-6H3,(H,88,89)(H,90,91)/t76-,77-,78-/m1/s1. The van der Waals surface area contributed by atoms with Gasteiger partial charge in [-0.2, -0.15) is 0 Å². The van der Waals surface area contributed by atoms with Crippen LogP contribution >= 0.6 is 15.6 Å². The number of esters is 4. The van der Waals surface area contributed by atoms with Gasteiger partial charge in [-0.05, 0) is 37.5 Å². The van der Waals surface area contributed by atoms with E-state index < -0.39 is 97.5 Å². The summed E-state index contributed by atoms with van der Waals surface area (Å²) in [6.07, 6.45) is 63.8. The Balaban J connectivity index is 5.26. The first kappa shape index (κ1) is 99.1. The van der Waals surface area contributed by atoms with Gasteiger partial charge in [0.15, 0.2) is 12.2 Å². The molecular weight excluding hydrogens is 1320 g/mol. The van der Waals surface area contributed by atoms with E-state index >= 15 is 0 Å². The molecule has 0 aliphatic heterocycles. The number of unbranched alkanes of at least 4 members (excludes halogenated alkanes) is 51. The number of ether oxygens (including phenoxy) is 4. The Hall–Kier alpha value is -1.94. The molecule has 101 heavy (non-hydrogen) atoms. The lowest BCUT2D eigenvalue weighted by molar-refractivity contribution is -0.161. The highest BCUT2D eigenvalue weighted by molar-refractivity contribution is 7.47. The smallest absolute Gasteiger partial charge is 0.462 e. The fourth-order valence-electron chi connectivity index (χ4n) is 12.7. The second-order valence-electron chi connectivity index (χ2n) is 30.5. The Labute approximate surface area is 619 Å². The van der Waals surface area contributed by atoms with Crippen LogP contribution in [0.25, 0.3) is 0 Å². The van der Waals surface area contributed by atoms with Crippen LogP contribution in [0.1, 0.15) is 433 Å². The summed E-state index contributed by atoms with van der Waals surface area (Å²) in [5.41, 5.74) is 0. The van der Waals surface area contributed by atoms with Gasteiger partial charge in [-0.15, -0.1) is 0 Å². The number of phosphoric ester groups is 2. The number of hydrogen-bond acceptors (Lipinski definition) is 15. The molecule has 19 heteroatoms. The van der Waals surface area contributed by atoms with E-state index in [0.717, 1.165) is 102 Å². The SMILES string of the molecule is CCCCCCCCCCCCCCCCCCCCCC(=O)O[C@H](COC(=O)CCCCCCCCCCCCCCCCCC)COP(=O)(O)OC[C@@H](O)COP(=O)(O)OC[C@@H](COC(=O)CCCCCCCCCCCC(C)C)OC(=O)CCCCCCCCCCCCCC(C)C. The van der Waals surface area contributed by atoms with Crippen LogP contribution < -0.4 is 0 Å². The van der Waals surface area contributed by atoms with E-state index in [1.54, 1.807) is 0 Å². The maximum absolute atomic E-state index is 13.1. The van der Waals surface area contributed by atoms with Crippen LogP contribution in [0.2, 0.25) is 0 Å².